The fourth-order valence-corrected chi connectivity index (χ4v) is 6.69. The van der Waals surface area contributed by atoms with Crippen LogP contribution in [0.25, 0.3) is 0 Å². The standard InChI is InChI=1S/C43H60N14O12/c1-47-43(46)49-17-9-15-27-37(65)51-23-33(59)53-30(20-34(60)61)40(68)56-28(18-24-10-4-2-5-11-24)38(66)54-26(14-8-16-48-42(44)45)36(64)50-22-32(58)52-31(21-35(62)63)41(69)57-29(39(67)55-27)19-25-12-6-3-7-13-25/h2-7,10-13,26-31H,8-9,14-23H2,1H3,(H,50,64)(H,51,65)(H,52,58)(H,53,59)(H,54,66)(H,55,67)(H,56,68)(H,57,69)(H,60,61)(H,62,63)(H4,44,45,48)(H3,46,47,49)/t26-,27-,28-,29-,30-,31-/m0/s1. The lowest BCUT2D eigenvalue weighted by Crippen LogP contribution is -2.60. The lowest BCUT2D eigenvalue weighted by atomic mass is 10.0. The van der Waals surface area contributed by atoms with Crippen molar-refractivity contribution < 1.29 is 58.2 Å². The summed E-state index contributed by atoms with van der Waals surface area (Å²) in [5, 5.41) is 41.4. The highest BCUT2D eigenvalue weighted by Gasteiger charge is 2.34. The molecule has 26 nitrogen and oxygen atoms in total. The summed E-state index contributed by atoms with van der Waals surface area (Å²) in [5.41, 5.74) is 17.6. The lowest BCUT2D eigenvalue weighted by Gasteiger charge is -2.26. The van der Waals surface area contributed by atoms with Crippen molar-refractivity contribution in [2.45, 2.75) is 87.6 Å². The minimum Gasteiger partial charge on any atom is -0.481 e. The van der Waals surface area contributed by atoms with E-state index in [1.807, 2.05) is 0 Å². The van der Waals surface area contributed by atoms with Crippen LogP contribution in [0.3, 0.4) is 0 Å². The molecule has 8 amide bonds. The molecule has 0 radical (unpaired) electrons. The second-order valence-electron chi connectivity index (χ2n) is 15.6. The molecule has 2 aromatic carbocycles. The Hall–Kier alpha value is -8.32. The number of hydrogen-bond donors (Lipinski definition) is 14. The number of benzene rings is 2. The van der Waals surface area contributed by atoms with Crippen molar-refractivity contribution in [1.29, 1.82) is 0 Å². The smallest absolute Gasteiger partial charge is 0.305 e. The minimum absolute atomic E-state index is 0.00140. The van der Waals surface area contributed by atoms with E-state index >= 15 is 0 Å². The first-order valence-electron chi connectivity index (χ1n) is 21.7. The van der Waals surface area contributed by atoms with E-state index in [2.05, 4.69) is 57.8 Å². The largest absolute Gasteiger partial charge is 0.481 e. The number of carboxylic acids is 2. The molecule has 0 aromatic heterocycles. The van der Waals surface area contributed by atoms with Crippen LogP contribution >= 0.6 is 0 Å². The number of rotatable bonds is 16. The Kier molecular flexibility index (Phi) is 22.8. The van der Waals surface area contributed by atoms with E-state index in [4.69, 9.17) is 17.2 Å². The number of nitrogens with two attached hydrogens (primary N) is 3. The van der Waals surface area contributed by atoms with Crippen LogP contribution in [-0.4, -0.2) is 151 Å². The molecule has 0 spiro atoms. The van der Waals surface area contributed by atoms with Crippen LogP contribution in [0.1, 0.15) is 49.7 Å². The van der Waals surface area contributed by atoms with Crippen LogP contribution in [0.2, 0.25) is 0 Å². The van der Waals surface area contributed by atoms with Crippen molar-refractivity contribution in [2.75, 3.05) is 33.2 Å². The summed E-state index contributed by atoms with van der Waals surface area (Å²) in [6, 6.07) is 7.09. The lowest BCUT2D eigenvalue weighted by molar-refractivity contribution is -0.141. The first-order chi connectivity index (χ1) is 32.8. The topological polar surface area (TPSA) is 422 Å². The molecule has 2 aromatic rings. The molecule has 0 saturated carbocycles. The van der Waals surface area contributed by atoms with Crippen LogP contribution in [0, 0.1) is 0 Å². The number of aliphatic carboxylic acids is 2. The molecule has 1 heterocycles. The Labute approximate surface area is 396 Å². The SMILES string of the molecule is CN=C(N)NCCC[C@@H]1NC(=O)[C@H](Cc2ccccc2)NC(=O)[C@H](CC(=O)O)NC(=O)CNC(=O)[C@H](CCCN=C(N)N)NC(=O)[C@H](Cc2ccccc2)NC(=O)[C@H](CC(=O)O)NC(=O)CNC1=O. The van der Waals surface area contributed by atoms with E-state index in [0.29, 0.717) is 11.1 Å². The molecule has 0 bridgehead atoms. The van der Waals surface area contributed by atoms with E-state index in [9.17, 15) is 58.2 Å². The molecule has 69 heavy (non-hydrogen) atoms. The number of nitrogens with zero attached hydrogens (tertiary/aromatic N) is 2. The predicted molar refractivity (Wildman–Crippen MR) is 247 cm³/mol. The second-order valence-corrected chi connectivity index (χ2v) is 15.6. The number of carboxylic acid groups (broad SMARTS) is 2. The summed E-state index contributed by atoms with van der Waals surface area (Å²) in [5.74, 6) is -11.3. The van der Waals surface area contributed by atoms with E-state index in [-0.39, 0.29) is 63.5 Å². The van der Waals surface area contributed by atoms with E-state index in [0.717, 1.165) is 0 Å². The third-order valence-corrected chi connectivity index (χ3v) is 10.2. The normalized spacial score (nSPS) is 21.8. The maximum absolute atomic E-state index is 14.1. The van der Waals surface area contributed by atoms with Crippen molar-refractivity contribution in [3.63, 3.8) is 0 Å². The van der Waals surface area contributed by atoms with Gasteiger partial charge in [0.2, 0.25) is 47.3 Å². The molecular weight excluding hydrogens is 905 g/mol. The maximum atomic E-state index is 14.1. The zero-order valence-electron chi connectivity index (χ0n) is 37.8. The molecule has 17 N–H and O–H groups in total. The number of amides is 8. The first-order valence-corrected chi connectivity index (χ1v) is 21.7. The Bertz CT molecular complexity index is 2180. The summed E-state index contributed by atoms with van der Waals surface area (Å²) in [6.07, 6.45) is -2.29. The van der Waals surface area contributed by atoms with E-state index in [1.165, 1.54) is 7.05 Å². The van der Waals surface area contributed by atoms with Crippen molar-refractivity contribution in [1.82, 2.24) is 47.9 Å². The van der Waals surface area contributed by atoms with Crippen LogP contribution in [0.15, 0.2) is 70.6 Å². The first kappa shape index (κ1) is 55.0. The van der Waals surface area contributed by atoms with Gasteiger partial charge in [-0.2, -0.15) is 0 Å². The van der Waals surface area contributed by atoms with Crippen LogP contribution in [-0.2, 0) is 60.8 Å². The summed E-state index contributed by atoms with van der Waals surface area (Å²) in [7, 11) is 1.44. The zero-order chi connectivity index (χ0) is 50.9. The van der Waals surface area contributed by atoms with Crippen LogP contribution in [0.5, 0.6) is 0 Å². The Balaban J connectivity index is 2.08. The van der Waals surface area contributed by atoms with E-state index in [1.54, 1.807) is 60.7 Å². The Morgan fingerprint density at radius 2 is 0.957 bits per heavy atom. The molecule has 1 aliphatic rings. The summed E-state index contributed by atoms with van der Waals surface area (Å²) < 4.78 is 0. The molecule has 3 rings (SSSR count). The van der Waals surface area contributed by atoms with Gasteiger partial charge >= 0.3 is 11.9 Å². The van der Waals surface area contributed by atoms with Gasteiger partial charge in [0.15, 0.2) is 11.9 Å². The van der Waals surface area contributed by atoms with Crippen molar-refractivity contribution >= 4 is 71.1 Å². The Morgan fingerprint density at radius 1 is 0.565 bits per heavy atom. The summed E-state index contributed by atoms with van der Waals surface area (Å²) >= 11 is 0. The third-order valence-electron chi connectivity index (χ3n) is 10.2. The molecule has 1 saturated heterocycles. The number of guanidine groups is 2. The fourth-order valence-electron chi connectivity index (χ4n) is 6.69. The zero-order valence-corrected chi connectivity index (χ0v) is 37.8. The summed E-state index contributed by atoms with van der Waals surface area (Å²) in [6.45, 7) is -1.52. The van der Waals surface area contributed by atoms with Crippen molar-refractivity contribution in [3.05, 3.63) is 71.8 Å². The Morgan fingerprint density at radius 3 is 1.35 bits per heavy atom. The molecule has 374 valence electrons. The molecule has 26 heteroatoms. The molecular formula is C43H60N14O12. The van der Waals surface area contributed by atoms with Gasteiger partial charge in [0.25, 0.3) is 0 Å². The number of aliphatic imine (C=N–C) groups is 2. The van der Waals surface area contributed by atoms with Gasteiger partial charge in [-0.3, -0.25) is 57.9 Å². The molecule has 0 unspecified atom stereocenters. The van der Waals surface area contributed by atoms with Gasteiger partial charge in [-0.1, -0.05) is 60.7 Å². The fraction of sp³-hybridized carbons (Fsp3) is 0.442. The molecule has 0 aliphatic carbocycles. The number of carbonyl (C=O) groups is 10. The highest BCUT2D eigenvalue weighted by molar-refractivity contribution is 5.99. The summed E-state index contributed by atoms with van der Waals surface area (Å²) in [4.78, 5) is 141. The van der Waals surface area contributed by atoms with Gasteiger partial charge in [0, 0.05) is 33.0 Å². The van der Waals surface area contributed by atoms with Gasteiger partial charge < -0.3 is 75.3 Å². The van der Waals surface area contributed by atoms with Gasteiger partial charge in [-0.25, -0.2) is 0 Å². The van der Waals surface area contributed by atoms with Crippen LogP contribution < -0.4 is 65.1 Å². The van der Waals surface area contributed by atoms with Gasteiger partial charge in [0.05, 0.1) is 25.9 Å². The molecule has 1 aliphatic heterocycles. The van der Waals surface area contributed by atoms with Crippen molar-refractivity contribution in [3.8, 4) is 0 Å². The highest BCUT2D eigenvalue weighted by atomic mass is 16.4. The number of nitrogens with one attached hydrogen (secondary N) is 9. The monoisotopic (exact) mass is 964 g/mol. The van der Waals surface area contributed by atoms with Gasteiger partial charge in [-0.15, -0.1) is 0 Å². The third kappa shape index (κ3) is 20.8. The van der Waals surface area contributed by atoms with Crippen LogP contribution in [0.4, 0.5) is 0 Å². The average molecular weight is 965 g/mol. The van der Waals surface area contributed by atoms with Crippen molar-refractivity contribution in [2.24, 2.45) is 27.2 Å². The minimum atomic E-state index is -1.81. The number of hydrogen-bond acceptors (Lipinski definition) is 12. The van der Waals surface area contributed by atoms with E-state index < -0.39 is 121 Å². The molecule has 6 atom stereocenters. The quantitative estimate of drug-likeness (QED) is 0.0425. The van der Waals surface area contributed by atoms with Gasteiger partial charge in [-0.05, 0) is 36.8 Å². The average Bonchev–Trinajstić information content (AvgIpc) is 3.30. The number of carbonyl (C=O) groups excluding carboxylic acids is 8. The molecule has 1 fully saturated rings. The predicted octanol–water partition coefficient (Wildman–Crippen LogP) is -5.06. The highest BCUT2D eigenvalue weighted by Crippen LogP contribution is 2.10. The van der Waals surface area contributed by atoms with Gasteiger partial charge in [0.1, 0.15) is 36.3 Å². The maximum Gasteiger partial charge on any atom is 0.305 e. The second kappa shape index (κ2) is 28.7.